The first kappa shape index (κ1) is 16.9. The Morgan fingerprint density at radius 3 is 2.53 bits per heavy atom. The van der Waals surface area contributed by atoms with E-state index in [2.05, 4.69) is 51.8 Å². The van der Waals surface area contributed by atoms with Gasteiger partial charge < -0.3 is 10.1 Å². The molecule has 0 aromatic carbocycles. The minimum Gasteiger partial charge on any atom is -0.375 e. The quantitative estimate of drug-likeness (QED) is 0.803. The van der Waals surface area contributed by atoms with Crippen LogP contribution in [0, 0.1) is 5.92 Å². The Balaban J connectivity index is 2.47. The lowest BCUT2D eigenvalue weighted by molar-refractivity contribution is -0.0241. The molecule has 1 aliphatic rings. The highest BCUT2D eigenvalue weighted by molar-refractivity contribution is 4.87. The topological polar surface area (TPSA) is 24.5 Å². The largest absolute Gasteiger partial charge is 0.375 e. The van der Waals surface area contributed by atoms with Gasteiger partial charge in [0.15, 0.2) is 0 Å². The molecule has 0 aliphatic carbocycles. The van der Waals surface area contributed by atoms with Crippen LogP contribution in [0.1, 0.15) is 54.4 Å². The standard InChI is InChI=1S/C16H34N2O/c1-7-8-14-11-17-15(13(2)3)12-18(14)9-10-19-16(4,5)6/h13-15,17H,7-12H2,1-6H3. The van der Waals surface area contributed by atoms with Crippen molar-refractivity contribution in [3.63, 3.8) is 0 Å². The molecule has 1 aliphatic heterocycles. The molecule has 0 radical (unpaired) electrons. The summed E-state index contributed by atoms with van der Waals surface area (Å²) < 4.78 is 5.89. The number of nitrogens with zero attached hydrogens (tertiary/aromatic N) is 1. The first-order valence-electron chi connectivity index (χ1n) is 7.95. The molecule has 2 unspecified atom stereocenters. The van der Waals surface area contributed by atoms with Crippen LogP contribution in [0.25, 0.3) is 0 Å². The molecule has 1 fully saturated rings. The maximum Gasteiger partial charge on any atom is 0.0600 e. The molecule has 0 aromatic rings. The summed E-state index contributed by atoms with van der Waals surface area (Å²) >= 11 is 0. The molecule has 3 heteroatoms. The second-order valence-electron chi connectivity index (χ2n) is 7.16. The molecule has 1 N–H and O–H groups in total. The molecule has 19 heavy (non-hydrogen) atoms. The van der Waals surface area contributed by atoms with Crippen molar-refractivity contribution in [2.24, 2.45) is 5.92 Å². The predicted octanol–water partition coefficient (Wildman–Crippen LogP) is 2.90. The van der Waals surface area contributed by atoms with E-state index in [1.54, 1.807) is 0 Å². The van der Waals surface area contributed by atoms with E-state index in [4.69, 9.17) is 4.74 Å². The minimum atomic E-state index is -0.0221. The number of hydrogen-bond acceptors (Lipinski definition) is 3. The Hall–Kier alpha value is -0.120. The van der Waals surface area contributed by atoms with E-state index in [-0.39, 0.29) is 5.60 Å². The van der Waals surface area contributed by atoms with E-state index in [1.165, 1.54) is 12.8 Å². The number of rotatable bonds is 6. The van der Waals surface area contributed by atoms with Crippen LogP contribution >= 0.6 is 0 Å². The average Bonchev–Trinajstić information content (AvgIpc) is 2.29. The van der Waals surface area contributed by atoms with E-state index in [9.17, 15) is 0 Å². The van der Waals surface area contributed by atoms with Crippen molar-refractivity contribution in [2.45, 2.75) is 72.1 Å². The summed E-state index contributed by atoms with van der Waals surface area (Å²) in [4.78, 5) is 2.64. The number of nitrogens with one attached hydrogen (secondary N) is 1. The number of hydrogen-bond donors (Lipinski definition) is 1. The first-order chi connectivity index (χ1) is 8.83. The maximum absolute atomic E-state index is 5.89. The first-order valence-corrected chi connectivity index (χ1v) is 7.95. The molecule has 0 spiro atoms. The minimum absolute atomic E-state index is 0.0221. The van der Waals surface area contributed by atoms with E-state index >= 15 is 0 Å². The zero-order chi connectivity index (χ0) is 14.5. The third-order valence-electron chi connectivity index (χ3n) is 3.90. The molecule has 114 valence electrons. The number of piperazine rings is 1. The van der Waals surface area contributed by atoms with Gasteiger partial charge in [-0.25, -0.2) is 0 Å². The average molecular weight is 270 g/mol. The van der Waals surface area contributed by atoms with Gasteiger partial charge in [0.2, 0.25) is 0 Å². The van der Waals surface area contributed by atoms with Gasteiger partial charge in [-0.05, 0) is 33.1 Å². The van der Waals surface area contributed by atoms with Crippen LogP contribution in [0.15, 0.2) is 0 Å². The van der Waals surface area contributed by atoms with Crippen LogP contribution in [0.4, 0.5) is 0 Å². The third-order valence-corrected chi connectivity index (χ3v) is 3.90. The summed E-state index contributed by atoms with van der Waals surface area (Å²) in [5.74, 6) is 0.702. The van der Waals surface area contributed by atoms with Gasteiger partial charge in [-0.2, -0.15) is 0 Å². The Kier molecular flexibility index (Phi) is 6.78. The molecular weight excluding hydrogens is 236 g/mol. The zero-order valence-electron chi connectivity index (χ0n) is 13.8. The van der Waals surface area contributed by atoms with Gasteiger partial charge in [-0.1, -0.05) is 27.2 Å². The number of ether oxygens (including phenoxy) is 1. The van der Waals surface area contributed by atoms with Crippen molar-refractivity contribution in [3.8, 4) is 0 Å². The summed E-state index contributed by atoms with van der Waals surface area (Å²) in [6, 6.07) is 1.31. The van der Waals surface area contributed by atoms with Gasteiger partial charge in [0.05, 0.1) is 12.2 Å². The van der Waals surface area contributed by atoms with Crippen molar-refractivity contribution in [1.82, 2.24) is 10.2 Å². The molecule has 0 aromatic heterocycles. The predicted molar refractivity (Wildman–Crippen MR) is 82.6 cm³/mol. The highest BCUT2D eigenvalue weighted by atomic mass is 16.5. The van der Waals surface area contributed by atoms with Gasteiger partial charge in [0.1, 0.15) is 0 Å². The molecule has 0 amide bonds. The van der Waals surface area contributed by atoms with Crippen molar-refractivity contribution in [2.75, 3.05) is 26.2 Å². The third kappa shape index (κ3) is 6.24. The van der Waals surface area contributed by atoms with Crippen molar-refractivity contribution >= 4 is 0 Å². The SMILES string of the molecule is CCCC1CNC(C(C)C)CN1CCOC(C)(C)C. The second-order valence-corrected chi connectivity index (χ2v) is 7.16. The van der Waals surface area contributed by atoms with E-state index in [0.29, 0.717) is 18.0 Å². The Bertz CT molecular complexity index is 248. The van der Waals surface area contributed by atoms with Crippen LogP contribution in [0.3, 0.4) is 0 Å². The molecule has 1 rings (SSSR count). The molecule has 0 bridgehead atoms. The maximum atomic E-state index is 5.89. The summed E-state index contributed by atoms with van der Waals surface area (Å²) in [5, 5.41) is 3.71. The lowest BCUT2D eigenvalue weighted by Gasteiger charge is -2.42. The van der Waals surface area contributed by atoms with E-state index in [1.807, 2.05) is 0 Å². The second kappa shape index (κ2) is 7.61. The van der Waals surface area contributed by atoms with Crippen molar-refractivity contribution < 1.29 is 4.74 Å². The monoisotopic (exact) mass is 270 g/mol. The zero-order valence-corrected chi connectivity index (χ0v) is 13.8. The molecule has 1 saturated heterocycles. The molecule has 0 saturated carbocycles. The van der Waals surface area contributed by atoms with Gasteiger partial charge in [-0.3, -0.25) is 4.90 Å². The molecule has 2 atom stereocenters. The highest BCUT2D eigenvalue weighted by Crippen LogP contribution is 2.16. The van der Waals surface area contributed by atoms with Crippen LogP contribution in [-0.2, 0) is 4.74 Å². The normalized spacial score (nSPS) is 26.1. The molecule has 1 heterocycles. The van der Waals surface area contributed by atoms with E-state index in [0.717, 1.165) is 26.2 Å². The summed E-state index contributed by atoms with van der Waals surface area (Å²) in [6.07, 6.45) is 2.54. The van der Waals surface area contributed by atoms with Gasteiger partial charge in [0.25, 0.3) is 0 Å². The van der Waals surface area contributed by atoms with E-state index < -0.39 is 0 Å². The van der Waals surface area contributed by atoms with Gasteiger partial charge >= 0.3 is 0 Å². The van der Waals surface area contributed by atoms with Crippen LogP contribution < -0.4 is 5.32 Å². The lowest BCUT2D eigenvalue weighted by Crippen LogP contribution is -2.58. The summed E-state index contributed by atoms with van der Waals surface area (Å²) in [6.45, 7) is 17.5. The summed E-state index contributed by atoms with van der Waals surface area (Å²) in [7, 11) is 0. The van der Waals surface area contributed by atoms with Crippen LogP contribution in [0.5, 0.6) is 0 Å². The van der Waals surface area contributed by atoms with Gasteiger partial charge in [0, 0.05) is 31.7 Å². The summed E-state index contributed by atoms with van der Waals surface area (Å²) in [5.41, 5.74) is -0.0221. The van der Waals surface area contributed by atoms with Gasteiger partial charge in [-0.15, -0.1) is 0 Å². The Morgan fingerprint density at radius 2 is 2.00 bits per heavy atom. The van der Waals surface area contributed by atoms with Crippen LogP contribution in [0.2, 0.25) is 0 Å². The van der Waals surface area contributed by atoms with Crippen molar-refractivity contribution in [3.05, 3.63) is 0 Å². The van der Waals surface area contributed by atoms with Crippen molar-refractivity contribution in [1.29, 1.82) is 0 Å². The Morgan fingerprint density at radius 1 is 1.32 bits per heavy atom. The molecule has 3 nitrogen and oxygen atoms in total. The molecular formula is C16H34N2O. The smallest absolute Gasteiger partial charge is 0.0600 e. The Labute approximate surface area is 120 Å². The fourth-order valence-electron chi connectivity index (χ4n) is 2.69. The lowest BCUT2D eigenvalue weighted by atomic mass is 9.97. The fraction of sp³-hybridized carbons (Fsp3) is 1.00. The highest BCUT2D eigenvalue weighted by Gasteiger charge is 2.28. The fourth-order valence-corrected chi connectivity index (χ4v) is 2.69. The van der Waals surface area contributed by atoms with Crippen LogP contribution in [-0.4, -0.2) is 48.8 Å².